The van der Waals surface area contributed by atoms with E-state index in [1.807, 2.05) is 0 Å². The van der Waals surface area contributed by atoms with Crippen molar-refractivity contribution >= 4 is 0 Å². The summed E-state index contributed by atoms with van der Waals surface area (Å²) in [6.45, 7) is 6.84. The molecule has 0 fully saturated rings. The zero-order valence-electron chi connectivity index (χ0n) is 8.97. The summed E-state index contributed by atoms with van der Waals surface area (Å²) in [5.74, 6) is 0.921. The molecule has 0 bridgehead atoms. The molecule has 0 rings (SSSR count). The molecule has 72 valence electrons. The van der Waals surface area contributed by atoms with Gasteiger partial charge in [0.2, 0.25) is 0 Å². The molecule has 0 spiro atoms. The van der Waals surface area contributed by atoms with Crippen LogP contribution in [0.5, 0.6) is 0 Å². The van der Waals surface area contributed by atoms with Gasteiger partial charge in [-0.05, 0) is 25.2 Å². The molecular formula is C12H24. The topological polar surface area (TPSA) is 0 Å². The van der Waals surface area contributed by atoms with Crippen LogP contribution in [0.4, 0.5) is 0 Å². The van der Waals surface area contributed by atoms with Crippen molar-refractivity contribution in [2.24, 2.45) is 5.92 Å². The summed E-state index contributed by atoms with van der Waals surface area (Å²) in [5.41, 5.74) is 0. The van der Waals surface area contributed by atoms with E-state index in [9.17, 15) is 0 Å². The van der Waals surface area contributed by atoms with Crippen LogP contribution in [0, 0.1) is 5.92 Å². The molecule has 0 heteroatoms. The number of rotatable bonds is 7. The third kappa shape index (κ3) is 7.84. The first-order valence-corrected chi connectivity index (χ1v) is 5.46. The molecule has 0 radical (unpaired) electrons. The number of hydrogen-bond acceptors (Lipinski definition) is 0. The summed E-state index contributed by atoms with van der Waals surface area (Å²) in [7, 11) is 0. The minimum Gasteiger partial charge on any atom is -0.0885 e. The Hall–Kier alpha value is -0.260. The van der Waals surface area contributed by atoms with Crippen molar-refractivity contribution in [3.05, 3.63) is 12.2 Å². The van der Waals surface area contributed by atoms with Gasteiger partial charge in [-0.3, -0.25) is 0 Å². The molecule has 0 N–H and O–H groups in total. The second kappa shape index (κ2) is 8.83. The van der Waals surface area contributed by atoms with Gasteiger partial charge in [0.25, 0.3) is 0 Å². The van der Waals surface area contributed by atoms with E-state index in [2.05, 4.69) is 32.9 Å². The molecule has 0 amide bonds. The van der Waals surface area contributed by atoms with E-state index in [-0.39, 0.29) is 0 Å². The highest BCUT2D eigenvalue weighted by molar-refractivity contribution is 4.80. The third-order valence-electron chi connectivity index (χ3n) is 2.39. The van der Waals surface area contributed by atoms with Gasteiger partial charge in [-0.25, -0.2) is 0 Å². The average molecular weight is 168 g/mol. The van der Waals surface area contributed by atoms with Crippen LogP contribution in [0.15, 0.2) is 12.2 Å². The highest BCUT2D eigenvalue weighted by atomic mass is 14.0. The number of unbranched alkanes of at least 4 members (excludes halogenated alkanes) is 2. The lowest BCUT2D eigenvalue weighted by molar-refractivity contribution is 0.498. The van der Waals surface area contributed by atoms with Gasteiger partial charge in [0.05, 0.1) is 0 Å². The van der Waals surface area contributed by atoms with Crippen molar-refractivity contribution in [2.45, 2.75) is 59.3 Å². The maximum atomic E-state index is 2.34. The lowest BCUT2D eigenvalue weighted by Crippen LogP contribution is -1.90. The molecule has 12 heavy (non-hydrogen) atoms. The highest BCUT2D eigenvalue weighted by Gasteiger charge is 1.95. The molecule has 0 aromatic carbocycles. The van der Waals surface area contributed by atoms with Gasteiger partial charge in [-0.15, -0.1) is 0 Å². The fraction of sp³-hybridized carbons (Fsp3) is 0.833. The molecule has 0 aromatic rings. The largest absolute Gasteiger partial charge is 0.0885 e. The Bertz CT molecular complexity index is 103. The average Bonchev–Trinajstić information content (AvgIpc) is 2.10. The van der Waals surface area contributed by atoms with Gasteiger partial charge in [0.15, 0.2) is 0 Å². The van der Waals surface area contributed by atoms with Gasteiger partial charge in [0.1, 0.15) is 0 Å². The summed E-state index contributed by atoms with van der Waals surface area (Å²) < 4.78 is 0. The maximum absolute atomic E-state index is 2.34. The van der Waals surface area contributed by atoms with Gasteiger partial charge >= 0.3 is 0 Å². The number of hydrogen-bond donors (Lipinski definition) is 0. The molecule has 0 saturated heterocycles. The summed E-state index contributed by atoms with van der Waals surface area (Å²) in [4.78, 5) is 0. The predicted octanol–water partition coefficient (Wildman–Crippen LogP) is 4.56. The Kier molecular flexibility index (Phi) is 8.64. The molecule has 1 unspecified atom stereocenters. The van der Waals surface area contributed by atoms with E-state index < -0.39 is 0 Å². The van der Waals surface area contributed by atoms with Crippen molar-refractivity contribution in [3.8, 4) is 0 Å². The van der Waals surface area contributed by atoms with E-state index in [1.165, 1.54) is 38.5 Å². The van der Waals surface area contributed by atoms with E-state index >= 15 is 0 Å². The summed E-state index contributed by atoms with van der Waals surface area (Å²) >= 11 is 0. The van der Waals surface area contributed by atoms with Gasteiger partial charge < -0.3 is 0 Å². The Balaban J connectivity index is 3.09. The van der Waals surface area contributed by atoms with E-state index in [0.717, 1.165) is 5.92 Å². The zero-order valence-corrected chi connectivity index (χ0v) is 8.97. The predicted molar refractivity (Wildman–Crippen MR) is 57.4 cm³/mol. The van der Waals surface area contributed by atoms with Crippen molar-refractivity contribution < 1.29 is 0 Å². The van der Waals surface area contributed by atoms with Crippen molar-refractivity contribution in [3.63, 3.8) is 0 Å². The van der Waals surface area contributed by atoms with Crippen LogP contribution in [-0.4, -0.2) is 0 Å². The lowest BCUT2D eigenvalue weighted by Gasteiger charge is -2.05. The SMILES string of the molecule is CCCC=CCCCC(C)CC. The minimum absolute atomic E-state index is 0.921. The van der Waals surface area contributed by atoms with Crippen LogP contribution < -0.4 is 0 Å². The second-order valence-electron chi connectivity index (χ2n) is 3.70. The molecule has 0 saturated carbocycles. The molecule has 0 nitrogen and oxygen atoms in total. The van der Waals surface area contributed by atoms with E-state index in [1.54, 1.807) is 0 Å². The zero-order chi connectivity index (χ0) is 9.23. The Labute approximate surface area is 78.1 Å². The van der Waals surface area contributed by atoms with Gasteiger partial charge in [-0.1, -0.05) is 52.2 Å². The van der Waals surface area contributed by atoms with Crippen LogP contribution in [0.2, 0.25) is 0 Å². The molecule has 0 aliphatic heterocycles. The van der Waals surface area contributed by atoms with Gasteiger partial charge in [-0.2, -0.15) is 0 Å². The van der Waals surface area contributed by atoms with Crippen LogP contribution in [0.3, 0.4) is 0 Å². The van der Waals surface area contributed by atoms with Crippen LogP contribution in [0.25, 0.3) is 0 Å². The molecule has 0 aliphatic carbocycles. The molecule has 0 aliphatic rings. The first-order chi connectivity index (χ1) is 5.81. The first-order valence-electron chi connectivity index (χ1n) is 5.46. The quantitative estimate of drug-likeness (QED) is 0.386. The summed E-state index contributed by atoms with van der Waals surface area (Å²) in [6, 6.07) is 0. The normalized spacial score (nSPS) is 13.9. The van der Waals surface area contributed by atoms with E-state index in [0.29, 0.717) is 0 Å². The summed E-state index contributed by atoms with van der Waals surface area (Å²) in [5, 5.41) is 0. The summed E-state index contributed by atoms with van der Waals surface area (Å²) in [6.07, 6.45) is 12.6. The third-order valence-corrected chi connectivity index (χ3v) is 2.39. The van der Waals surface area contributed by atoms with Crippen LogP contribution in [0.1, 0.15) is 59.3 Å². The standard InChI is InChI=1S/C12H24/c1-4-6-7-8-9-10-11-12(3)5-2/h7-8,12H,4-6,9-11H2,1-3H3. The fourth-order valence-corrected chi connectivity index (χ4v) is 1.19. The van der Waals surface area contributed by atoms with Crippen molar-refractivity contribution in [1.29, 1.82) is 0 Å². The lowest BCUT2D eigenvalue weighted by atomic mass is 10.0. The fourth-order valence-electron chi connectivity index (χ4n) is 1.19. The molecule has 1 atom stereocenters. The van der Waals surface area contributed by atoms with Crippen LogP contribution in [-0.2, 0) is 0 Å². The second-order valence-corrected chi connectivity index (χ2v) is 3.70. The molecule has 0 heterocycles. The molecule has 0 aromatic heterocycles. The Morgan fingerprint density at radius 3 is 2.33 bits per heavy atom. The monoisotopic (exact) mass is 168 g/mol. The number of allylic oxidation sites excluding steroid dienone is 2. The highest BCUT2D eigenvalue weighted by Crippen LogP contribution is 2.11. The minimum atomic E-state index is 0.921. The van der Waals surface area contributed by atoms with E-state index in [4.69, 9.17) is 0 Å². The first kappa shape index (κ1) is 11.7. The van der Waals surface area contributed by atoms with Crippen LogP contribution >= 0.6 is 0 Å². The maximum Gasteiger partial charge on any atom is -0.0351 e. The van der Waals surface area contributed by atoms with Gasteiger partial charge in [0, 0.05) is 0 Å². The Morgan fingerprint density at radius 2 is 1.75 bits per heavy atom. The smallest absolute Gasteiger partial charge is 0.0351 e. The van der Waals surface area contributed by atoms with Crippen molar-refractivity contribution in [1.82, 2.24) is 0 Å². The van der Waals surface area contributed by atoms with Crippen molar-refractivity contribution in [2.75, 3.05) is 0 Å². The Morgan fingerprint density at radius 1 is 1.08 bits per heavy atom. The molecular weight excluding hydrogens is 144 g/mol.